The van der Waals surface area contributed by atoms with Crippen LogP contribution in [0.5, 0.6) is 0 Å². The van der Waals surface area contributed by atoms with Gasteiger partial charge in [-0.05, 0) is 31.0 Å². The summed E-state index contributed by atoms with van der Waals surface area (Å²) in [4.78, 5) is 38.8. The first-order chi connectivity index (χ1) is 13.4. The number of fused-ring (bicyclic) bond motifs is 2. The molecule has 2 aromatic heterocycles. The van der Waals surface area contributed by atoms with Crippen LogP contribution < -0.4 is 0 Å². The molecule has 0 radical (unpaired) electrons. The van der Waals surface area contributed by atoms with Crippen LogP contribution in [0.4, 0.5) is 0 Å². The Morgan fingerprint density at radius 3 is 2.11 bits per heavy atom. The van der Waals surface area contributed by atoms with Gasteiger partial charge in [0.15, 0.2) is 0 Å². The van der Waals surface area contributed by atoms with Crippen molar-refractivity contribution in [3.05, 3.63) is 47.0 Å². The van der Waals surface area contributed by atoms with E-state index in [0.717, 1.165) is 22.3 Å². The van der Waals surface area contributed by atoms with Gasteiger partial charge in [-0.3, -0.25) is 0 Å². The number of H-pyrrole nitrogens is 2. The lowest BCUT2D eigenvalue weighted by molar-refractivity contribution is 0.0580. The maximum absolute atomic E-state index is 11.9. The van der Waals surface area contributed by atoms with E-state index in [9.17, 15) is 9.59 Å². The summed E-state index contributed by atoms with van der Waals surface area (Å²) in [5.41, 5.74) is 6.30. The Bertz CT molecular complexity index is 1250. The van der Waals surface area contributed by atoms with Gasteiger partial charge in [-0.15, -0.1) is 0 Å². The molecule has 2 heterocycles. The van der Waals surface area contributed by atoms with E-state index < -0.39 is 11.9 Å². The molecule has 0 fully saturated rings. The number of rotatable bonds is 3. The van der Waals surface area contributed by atoms with Crippen LogP contribution >= 0.6 is 0 Å². The zero-order valence-electron chi connectivity index (χ0n) is 15.8. The summed E-state index contributed by atoms with van der Waals surface area (Å²) in [5, 5.41) is 0. The second-order valence-corrected chi connectivity index (χ2v) is 6.46. The minimum Gasteiger partial charge on any atom is -0.463 e. The molecule has 2 N–H and O–H groups in total. The topological polar surface area (TPSA) is 110 Å². The zero-order valence-corrected chi connectivity index (χ0v) is 15.8. The minimum absolute atomic E-state index is 0.132. The molecule has 142 valence electrons. The van der Waals surface area contributed by atoms with Crippen LogP contribution in [0.15, 0.2) is 24.3 Å². The van der Waals surface area contributed by atoms with Gasteiger partial charge in [0, 0.05) is 11.1 Å². The van der Waals surface area contributed by atoms with Crippen molar-refractivity contribution in [3.63, 3.8) is 0 Å². The molecule has 0 bridgehead atoms. The highest BCUT2D eigenvalue weighted by Crippen LogP contribution is 2.36. The molecule has 8 heteroatoms. The predicted molar refractivity (Wildman–Crippen MR) is 103 cm³/mol. The van der Waals surface area contributed by atoms with E-state index in [-0.39, 0.29) is 11.6 Å². The molecule has 0 atom stereocenters. The number of ether oxygens (including phenoxy) is 2. The molecule has 0 spiro atoms. The van der Waals surface area contributed by atoms with Gasteiger partial charge in [0.1, 0.15) is 0 Å². The number of aryl methyl sites for hydroxylation is 2. The summed E-state index contributed by atoms with van der Waals surface area (Å²) in [7, 11) is 2.62. The summed E-state index contributed by atoms with van der Waals surface area (Å²) in [5.74, 6) is -0.810. The second-order valence-electron chi connectivity index (χ2n) is 6.46. The number of imidazole rings is 2. The third kappa shape index (κ3) is 2.61. The van der Waals surface area contributed by atoms with Crippen LogP contribution in [0.3, 0.4) is 0 Å². The van der Waals surface area contributed by atoms with Gasteiger partial charge < -0.3 is 19.4 Å². The minimum atomic E-state index is -0.539. The fourth-order valence-corrected chi connectivity index (χ4v) is 3.34. The van der Waals surface area contributed by atoms with E-state index in [1.807, 2.05) is 38.1 Å². The maximum atomic E-state index is 11.9. The first kappa shape index (κ1) is 17.7. The molecule has 2 aromatic carbocycles. The lowest BCUT2D eigenvalue weighted by Gasteiger charge is -2.09. The number of hydrogen-bond acceptors (Lipinski definition) is 6. The van der Waals surface area contributed by atoms with Crippen molar-refractivity contribution in [3.8, 4) is 11.1 Å². The number of hydrogen-bond donors (Lipinski definition) is 2. The van der Waals surface area contributed by atoms with E-state index in [2.05, 4.69) is 19.9 Å². The quantitative estimate of drug-likeness (QED) is 0.529. The van der Waals surface area contributed by atoms with Gasteiger partial charge in [0.05, 0.1) is 36.3 Å². The molecule has 0 saturated carbocycles. The monoisotopic (exact) mass is 378 g/mol. The van der Waals surface area contributed by atoms with Crippen LogP contribution in [0.1, 0.15) is 32.4 Å². The van der Waals surface area contributed by atoms with Crippen LogP contribution in [-0.2, 0) is 9.47 Å². The number of benzene rings is 2. The van der Waals surface area contributed by atoms with Gasteiger partial charge in [0.25, 0.3) is 0 Å². The number of aromatic nitrogens is 4. The van der Waals surface area contributed by atoms with Gasteiger partial charge in [-0.2, -0.15) is 0 Å². The van der Waals surface area contributed by atoms with E-state index in [4.69, 9.17) is 9.47 Å². The Hall–Kier alpha value is -3.68. The molecule has 0 amide bonds. The highest BCUT2D eigenvalue weighted by Gasteiger charge is 2.21. The summed E-state index contributed by atoms with van der Waals surface area (Å²) in [6.45, 7) is 3.88. The van der Waals surface area contributed by atoms with E-state index in [1.54, 1.807) is 0 Å². The standard InChI is InChI=1S/C20H18N4O4/c1-9-6-8-12-16(24-17(21-12)19(25)27-3)13(9)11-7-5-10(2)14-15(11)23-18(22-14)20(26)28-4/h5-8H,1-4H3,(H,21,24)(H,22,23). The van der Waals surface area contributed by atoms with Crippen molar-refractivity contribution in [1.82, 2.24) is 19.9 Å². The third-order valence-corrected chi connectivity index (χ3v) is 4.74. The Morgan fingerprint density at radius 2 is 1.43 bits per heavy atom. The molecule has 0 saturated heterocycles. The third-order valence-electron chi connectivity index (χ3n) is 4.74. The average molecular weight is 378 g/mol. The Balaban J connectivity index is 2.03. The molecule has 4 aromatic rings. The van der Waals surface area contributed by atoms with Gasteiger partial charge in [0.2, 0.25) is 11.6 Å². The summed E-state index contributed by atoms with van der Waals surface area (Å²) in [6, 6.07) is 7.70. The van der Waals surface area contributed by atoms with Crippen molar-refractivity contribution in [2.45, 2.75) is 13.8 Å². The summed E-state index contributed by atoms with van der Waals surface area (Å²) >= 11 is 0. The van der Waals surface area contributed by atoms with Gasteiger partial charge in [-0.1, -0.05) is 18.2 Å². The number of methoxy groups -OCH3 is 2. The van der Waals surface area contributed by atoms with Crippen LogP contribution in [0.25, 0.3) is 33.2 Å². The second kappa shape index (κ2) is 6.49. The van der Waals surface area contributed by atoms with E-state index >= 15 is 0 Å². The van der Waals surface area contributed by atoms with Crippen molar-refractivity contribution in [2.24, 2.45) is 0 Å². The summed E-state index contributed by atoms with van der Waals surface area (Å²) < 4.78 is 9.56. The fraction of sp³-hybridized carbons (Fsp3) is 0.200. The number of carbonyl (C=O) groups is 2. The molecule has 8 nitrogen and oxygen atoms in total. The molecule has 0 aliphatic carbocycles. The van der Waals surface area contributed by atoms with Gasteiger partial charge in [-0.25, -0.2) is 19.6 Å². The van der Waals surface area contributed by atoms with Gasteiger partial charge >= 0.3 is 11.9 Å². The van der Waals surface area contributed by atoms with Crippen molar-refractivity contribution in [1.29, 1.82) is 0 Å². The molecular formula is C20H18N4O4. The fourth-order valence-electron chi connectivity index (χ4n) is 3.34. The zero-order chi connectivity index (χ0) is 20.0. The van der Waals surface area contributed by atoms with E-state index in [1.165, 1.54) is 14.2 Å². The molecular weight excluding hydrogens is 360 g/mol. The predicted octanol–water partition coefficient (Wildman–Crippen LogP) is 3.30. The molecule has 0 unspecified atom stereocenters. The van der Waals surface area contributed by atoms with Crippen LogP contribution in [0.2, 0.25) is 0 Å². The highest BCUT2D eigenvalue weighted by molar-refractivity contribution is 6.05. The Kier molecular flexibility index (Phi) is 4.11. The van der Waals surface area contributed by atoms with E-state index in [0.29, 0.717) is 22.1 Å². The average Bonchev–Trinajstić information content (AvgIpc) is 3.33. The molecule has 28 heavy (non-hydrogen) atoms. The number of nitrogens with one attached hydrogen (secondary N) is 2. The Morgan fingerprint density at radius 1 is 0.821 bits per heavy atom. The smallest absolute Gasteiger partial charge is 0.374 e. The van der Waals surface area contributed by atoms with Crippen molar-refractivity contribution in [2.75, 3.05) is 14.2 Å². The molecule has 0 aliphatic rings. The van der Waals surface area contributed by atoms with Crippen LogP contribution in [0, 0.1) is 13.8 Å². The number of aromatic amines is 2. The maximum Gasteiger partial charge on any atom is 0.374 e. The SMILES string of the molecule is COC(=O)c1nc2c(-c3ccc(C)c4nc(C(=O)OC)[nH]c34)c(C)ccc2[nH]1. The van der Waals surface area contributed by atoms with Crippen molar-refractivity contribution >= 4 is 34.0 Å². The number of carbonyl (C=O) groups excluding carboxylic acids is 2. The lowest BCUT2D eigenvalue weighted by Crippen LogP contribution is -2.03. The Labute approximate surface area is 159 Å². The van der Waals surface area contributed by atoms with Crippen LogP contribution in [-0.4, -0.2) is 46.1 Å². The summed E-state index contributed by atoms with van der Waals surface area (Å²) in [6.07, 6.45) is 0. The number of nitrogens with zero attached hydrogens (tertiary/aromatic N) is 2. The highest BCUT2D eigenvalue weighted by atomic mass is 16.5. The lowest BCUT2D eigenvalue weighted by atomic mass is 9.96. The first-order valence-electron chi connectivity index (χ1n) is 8.60. The largest absolute Gasteiger partial charge is 0.463 e. The molecule has 4 rings (SSSR count). The first-order valence-corrected chi connectivity index (χ1v) is 8.60. The number of esters is 2. The molecule has 0 aliphatic heterocycles. The van der Waals surface area contributed by atoms with Crippen molar-refractivity contribution < 1.29 is 19.1 Å². The normalized spacial score (nSPS) is 11.1.